The largest absolute Gasteiger partial charge is 0.494 e. The van der Waals surface area contributed by atoms with Crippen LogP contribution in [0.2, 0.25) is 0 Å². The Hall–Kier alpha value is -4.53. The molecule has 3 aromatic rings. The van der Waals surface area contributed by atoms with Gasteiger partial charge >= 0.3 is 0 Å². The highest BCUT2D eigenvalue weighted by Gasteiger charge is 2.40. The van der Waals surface area contributed by atoms with Crippen LogP contribution in [0.4, 0.5) is 21.5 Å². The Morgan fingerprint density at radius 3 is 2.39 bits per heavy atom. The lowest BCUT2D eigenvalue weighted by Crippen LogP contribution is -2.32. The summed E-state index contributed by atoms with van der Waals surface area (Å²) in [5.74, 6) is -1.39. The van der Waals surface area contributed by atoms with Gasteiger partial charge in [-0.3, -0.25) is 19.7 Å². The molecule has 0 radical (unpaired) electrons. The third-order valence-electron chi connectivity index (χ3n) is 4.93. The summed E-state index contributed by atoms with van der Waals surface area (Å²) in [7, 11) is 0. The maximum atomic E-state index is 13.8. The molecule has 2 amide bonds. The van der Waals surface area contributed by atoms with Crippen LogP contribution < -0.4 is 15.0 Å². The van der Waals surface area contributed by atoms with Gasteiger partial charge in [-0.25, -0.2) is 9.29 Å². The molecule has 1 aliphatic heterocycles. The van der Waals surface area contributed by atoms with E-state index in [0.29, 0.717) is 23.6 Å². The average molecular weight is 447 g/mol. The molecule has 1 aliphatic rings. The zero-order chi connectivity index (χ0) is 23.5. The number of nitrogens with one attached hydrogen (secondary N) is 1. The SMILES string of the molecule is CCOc1cccc(NC2=C(c3ccc([N+](=O)[O-])cc3)C(=O)N(c3cccc(F)c3)C2=O)c1. The number of anilines is 2. The average Bonchev–Trinajstić information content (AvgIpc) is 3.03. The number of amides is 2. The Morgan fingerprint density at radius 2 is 1.73 bits per heavy atom. The summed E-state index contributed by atoms with van der Waals surface area (Å²) in [4.78, 5) is 38.0. The van der Waals surface area contributed by atoms with Gasteiger partial charge in [0.05, 0.1) is 22.8 Å². The van der Waals surface area contributed by atoms with Crippen molar-refractivity contribution in [2.24, 2.45) is 0 Å². The maximum Gasteiger partial charge on any atom is 0.282 e. The molecule has 1 heterocycles. The minimum atomic E-state index is -0.680. The highest BCUT2D eigenvalue weighted by molar-refractivity contribution is 6.46. The smallest absolute Gasteiger partial charge is 0.282 e. The Balaban J connectivity index is 1.80. The van der Waals surface area contributed by atoms with E-state index in [2.05, 4.69) is 5.32 Å². The van der Waals surface area contributed by atoms with Crippen LogP contribution >= 0.6 is 0 Å². The Morgan fingerprint density at radius 1 is 1.00 bits per heavy atom. The molecule has 166 valence electrons. The van der Waals surface area contributed by atoms with Crippen molar-refractivity contribution in [2.75, 3.05) is 16.8 Å². The number of carbonyl (C=O) groups is 2. The number of imide groups is 1. The third-order valence-corrected chi connectivity index (χ3v) is 4.93. The molecule has 8 nitrogen and oxygen atoms in total. The van der Waals surface area contributed by atoms with E-state index in [4.69, 9.17) is 4.74 Å². The van der Waals surface area contributed by atoms with Crippen LogP contribution in [0.25, 0.3) is 5.57 Å². The molecular weight excluding hydrogens is 429 g/mol. The van der Waals surface area contributed by atoms with Gasteiger partial charge in [0.25, 0.3) is 17.5 Å². The van der Waals surface area contributed by atoms with E-state index in [1.807, 2.05) is 6.92 Å². The van der Waals surface area contributed by atoms with E-state index >= 15 is 0 Å². The monoisotopic (exact) mass is 447 g/mol. The van der Waals surface area contributed by atoms with Gasteiger partial charge in [-0.2, -0.15) is 0 Å². The lowest BCUT2D eigenvalue weighted by molar-refractivity contribution is -0.384. The molecule has 9 heteroatoms. The topological polar surface area (TPSA) is 102 Å². The molecule has 1 N–H and O–H groups in total. The van der Waals surface area contributed by atoms with Crippen molar-refractivity contribution < 1.29 is 23.6 Å². The highest BCUT2D eigenvalue weighted by Crippen LogP contribution is 2.35. The first-order valence-electron chi connectivity index (χ1n) is 10.0. The quantitative estimate of drug-likeness (QED) is 0.324. The van der Waals surface area contributed by atoms with Crippen LogP contribution in [0.15, 0.2) is 78.5 Å². The number of ether oxygens (including phenoxy) is 1. The van der Waals surface area contributed by atoms with Gasteiger partial charge in [-0.05, 0) is 55.0 Å². The van der Waals surface area contributed by atoms with Gasteiger partial charge in [0.15, 0.2) is 0 Å². The molecule has 0 bridgehead atoms. The second-order valence-electron chi connectivity index (χ2n) is 7.07. The van der Waals surface area contributed by atoms with Crippen molar-refractivity contribution in [1.82, 2.24) is 0 Å². The first-order chi connectivity index (χ1) is 15.9. The molecule has 0 saturated carbocycles. The molecular formula is C24H18FN3O5. The zero-order valence-corrected chi connectivity index (χ0v) is 17.4. The number of carbonyl (C=O) groups excluding carboxylic acids is 2. The van der Waals surface area contributed by atoms with Gasteiger partial charge in [0.2, 0.25) is 0 Å². The number of nitrogens with zero attached hydrogens (tertiary/aromatic N) is 2. The molecule has 33 heavy (non-hydrogen) atoms. The number of hydrogen-bond donors (Lipinski definition) is 1. The summed E-state index contributed by atoms with van der Waals surface area (Å²) < 4.78 is 19.3. The second-order valence-corrected chi connectivity index (χ2v) is 7.07. The van der Waals surface area contributed by atoms with Crippen molar-refractivity contribution in [3.63, 3.8) is 0 Å². The van der Waals surface area contributed by atoms with Crippen LogP contribution in [0.1, 0.15) is 12.5 Å². The predicted octanol–water partition coefficient (Wildman–Crippen LogP) is 4.53. The normalized spacial score (nSPS) is 13.5. The Kier molecular flexibility index (Phi) is 5.86. The molecule has 0 saturated heterocycles. The standard InChI is InChI=1S/C24H18FN3O5/c1-2-33-20-8-4-6-17(14-20)26-22-21(15-9-11-18(12-10-15)28(31)32)23(29)27(24(22)30)19-7-3-5-16(25)13-19/h3-14,26H,2H2,1H3. The number of non-ortho nitro benzene ring substituents is 1. The first kappa shape index (κ1) is 21.7. The van der Waals surface area contributed by atoms with Crippen molar-refractivity contribution in [3.05, 3.63) is 100.0 Å². The van der Waals surface area contributed by atoms with Crippen molar-refractivity contribution >= 4 is 34.4 Å². The summed E-state index contributed by atoms with van der Waals surface area (Å²) in [5.41, 5.74) is 0.702. The van der Waals surface area contributed by atoms with E-state index in [0.717, 1.165) is 11.0 Å². The number of rotatable bonds is 7. The minimum absolute atomic E-state index is 0.0148. The molecule has 0 unspecified atom stereocenters. The predicted molar refractivity (Wildman–Crippen MR) is 120 cm³/mol. The van der Waals surface area contributed by atoms with Crippen LogP contribution in [0.3, 0.4) is 0 Å². The number of hydrogen-bond acceptors (Lipinski definition) is 6. The highest BCUT2D eigenvalue weighted by atomic mass is 19.1. The van der Waals surface area contributed by atoms with E-state index in [1.165, 1.54) is 42.5 Å². The van der Waals surface area contributed by atoms with Crippen LogP contribution in [-0.4, -0.2) is 23.3 Å². The molecule has 0 aliphatic carbocycles. The van der Waals surface area contributed by atoms with Crippen molar-refractivity contribution in [3.8, 4) is 5.75 Å². The Bertz CT molecular complexity index is 1290. The molecule has 0 aromatic heterocycles. The first-order valence-corrected chi connectivity index (χ1v) is 10.0. The van der Waals surface area contributed by atoms with Gasteiger partial charge in [-0.1, -0.05) is 12.1 Å². The summed E-state index contributed by atoms with van der Waals surface area (Å²) in [5, 5.41) is 14.0. The van der Waals surface area contributed by atoms with Gasteiger partial charge < -0.3 is 10.1 Å². The minimum Gasteiger partial charge on any atom is -0.494 e. The molecule has 4 rings (SSSR count). The van der Waals surface area contributed by atoms with Crippen LogP contribution in [0, 0.1) is 15.9 Å². The van der Waals surface area contributed by atoms with Crippen molar-refractivity contribution in [2.45, 2.75) is 6.92 Å². The maximum absolute atomic E-state index is 13.8. The lowest BCUT2D eigenvalue weighted by atomic mass is 10.0. The van der Waals surface area contributed by atoms with E-state index < -0.39 is 22.6 Å². The van der Waals surface area contributed by atoms with Gasteiger partial charge in [0.1, 0.15) is 17.3 Å². The molecule has 0 fully saturated rings. The summed E-state index contributed by atoms with van der Waals surface area (Å²) in [6.07, 6.45) is 0. The number of halogens is 1. The van der Waals surface area contributed by atoms with E-state index in [-0.39, 0.29) is 22.6 Å². The zero-order valence-electron chi connectivity index (χ0n) is 17.4. The molecule has 0 atom stereocenters. The van der Waals surface area contributed by atoms with Crippen molar-refractivity contribution in [1.29, 1.82) is 0 Å². The second kappa shape index (κ2) is 8.91. The van der Waals surface area contributed by atoms with Gasteiger partial charge in [-0.15, -0.1) is 0 Å². The number of nitro benzene ring substituents is 1. The fourth-order valence-electron chi connectivity index (χ4n) is 3.49. The fraction of sp³-hybridized carbons (Fsp3) is 0.0833. The number of nitro groups is 1. The Labute approximate surface area is 188 Å². The van der Waals surface area contributed by atoms with E-state index in [9.17, 15) is 24.1 Å². The van der Waals surface area contributed by atoms with Crippen LogP contribution in [-0.2, 0) is 9.59 Å². The fourth-order valence-corrected chi connectivity index (χ4v) is 3.49. The van der Waals surface area contributed by atoms with Gasteiger partial charge in [0, 0.05) is 23.9 Å². The molecule has 3 aromatic carbocycles. The molecule has 0 spiro atoms. The summed E-state index contributed by atoms with van der Waals surface area (Å²) in [6.45, 7) is 2.29. The van der Waals surface area contributed by atoms with E-state index in [1.54, 1.807) is 24.3 Å². The third kappa shape index (κ3) is 4.29. The van der Waals surface area contributed by atoms with Crippen LogP contribution in [0.5, 0.6) is 5.75 Å². The number of benzene rings is 3. The lowest BCUT2D eigenvalue weighted by Gasteiger charge is -2.15. The summed E-state index contributed by atoms with van der Waals surface area (Å²) in [6, 6.07) is 17.3. The summed E-state index contributed by atoms with van der Waals surface area (Å²) >= 11 is 0.